The Kier molecular flexibility index (Phi) is 2.66. The minimum Gasteiger partial charge on any atom is -0.373 e. The van der Waals surface area contributed by atoms with Crippen LogP contribution < -0.4 is 10.2 Å². The summed E-state index contributed by atoms with van der Waals surface area (Å²) in [5, 5.41) is 4.19. The van der Waals surface area contributed by atoms with Gasteiger partial charge in [0.1, 0.15) is 0 Å². The molecule has 1 aliphatic rings. The zero-order valence-electron chi connectivity index (χ0n) is 8.55. The molecule has 1 unspecified atom stereocenters. The maximum absolute atomic E-state index is 6.18. The number of fused-ring (bicyclic) bond motifs is 1. The van der Waals surface area contributed by atoms with Gasteiger partial charge in [0.15, 0.2) is 0 Å². The largest absolute Gasteiger partial charge is 0.373 e. The van der Waals surface area contributed by atoms with Crippen LogP contribution in [-0.4, -0.2) is 26.7 Å². The molecular weight excluding hydrogens is 196 g/mol. The molecule has 0 aliphatic carbocycles. The van der Waals surface area contributed by atoms with E-state index in [1.807, 2.05) is 19.2 Å². The Balaban J connectivity index is 2.40. The van der Waals surface area contributed by atoms with Crippen molar-refractivity contribution < 1.29 is 0 Å². The van der Waals surface area contributed by atoms with Crippen molar-refractivity contribution in [2.24, 2.45) is 0 Å². The quantitative estimate of drug-likeness (QED) is 0.762. The highest BCUT2D eigenvalue weighted by molar-refractivity contribution is 6.31. The molecule has 0 fully saturated rings. The van der Waals surface area contributed by atoms with Crippen molar-refractivity contribution in [2.45, 2.75) is 12.5 Å². The number of hydrogen-bond acceptors (Lipinski definition) is 2. The summed E-state index contributed by atoms with van der Waals surface area (Å²) in [7, 11) is 4.11. The third-order valence-corrected chi connectivity index (χ3v) is 3.21. The first-order chi connectivity index (χ1) is 6.72. The zero-order valence-corrected chi connectivity index (χ0v) is 9.30. The highest BCUT2D eigenvalue weighted by atomic mass is 35.5. The molecule has 2 nitrogen and oxygen atoms in total. The van der Waals surface area contributed by atoms with Crippen LogP contribution in [-0.2, 0) is 6.42 Å². The van der Waals surface area contributed by atoms with Crippen molar-refractivity contribution in [3.63, 3.8) is 0 Å². The van der Waals surface area contributed by atoms with Gasteiger partial charge in [0.2, 0.25) is 0 Å². The topological polar surface area (TPSA) is 15.3 Å². The van der Waals surface area contributed by atoms with Gasteiger partial charge in [-0.2, -0.15) is 0 Å². The molecule has 14 heavy (non-hydrogen) atoms. The summed E-state index contributed by atoms with van der Waals surface area (Å²) in [6.07, 6.45) is 1.02. The number of anilines is 1. The summed E-state index contributed by atoms with van der Waals surface area (Å²) >= 11 is 6.18. The lowest BCUT2D eigenvalue weighted by atomic mass is 9.98. The van der Waals surface area contributed by atoms with Crippen LogP contribution in [0.1, 0.15) is 5.56 Å². The van der Waals surface area contributed by atoms with E-state index in [1.54, 1.807) is 0 Å². The molecule has 76 valence electrons. The SMILES string of the molecule is CNC1Cc2c(Cl)cccc2N(C)C1. The molecule has 1 heterocycles. The van der Waals surface area contributed by atoms with Gasteiger partial charge < -0.3 is 10.2 Å². The maximum atomic E-state index is 6.18. The Hall–Kier alpha value is -0.730. The summed E-state index contributed by atoms with van der Waals surface area (Å²) in [6, 6.07) is 6.61. The third kappa shape index (κ3) is 1.60. The van der Waals surface area contributed by atoms with Crippen LogP contribution in [0.5, 0.6) is 0 Å². The summed E-state index contributed by atoms with van der Waals surface area (Å²) < 4.78 is 0. The molecule has 1 aromatic carbocycles. The lowest BCUT2D eigenvalue weighted by Gasteiger charge is -2.33. The second-order valence-corrected chi connectivity index (χ2v) is 4.21. The van der Waals surface area contributed by atoms with E-state index < -0.39 is 0 Å². The zero-order chi connectivity index (χ0) is 10.1. The minimum atomic E-state index is 0.507. The highest BCUT2D eigenvalue weighted by Crippen LogP contribution is 2.31. The number of likely N-dealkylation sites (N-methyl/N-ethyl adjacent to an activating group) is 2. The van der Waals surface area contributed by atoms with Crippen LogP contribution in [0.2, 0.25) is 5.02 Å². The first kappa shape index (κ1) is 9.81. The molecule has 1 N–H and O–H groups in total. The summed E-state index contributed by atoms with van der Waals surface area (Å²) in [4.78, 5) is 2.26. The monoisotopic (exact) mass is 210 g/mol. The highest BCUT2D eigenvalue weighted by Gasteiger charge is 2.22. The fourth-order valence-corrected chi connectivity index (χ4v) is 2.29. The number of benzene rings is 1. The van der Waals surface area contributed by atoms with Crippen molar-refractivity contribution in [2.75, 3.05) is 25.5 Å². The van der Waals surface area contributed by atoms with Crippen molar-refractivity contribution in [1.29, 1.82) is 0 Å². The van der Waals surface area contributed by atoms with Crippen molar-refractivity contribution in [3.05, 3.63) is 28.8 Å². The van der Waals surface area contributed by atoms with Crippen molar-refractivity contribution in [1.82, 2.24) is 5.32 Å². The van der Waals surface area contributed by atoms with Crippen LogP contribution >= 0.6 is 11.6 Å². The van der Waals surface area contributed by atoms with Crippen LogP contribution in [0.4, 0.5) is 5.69 Å². The Bertz CT molecular complexity index is 338. The van der Waals surface area contributed by atoms with Gasteiger partial charge in [-0.1, -0.05) is 17.7 Å². The third-order valence-electron chi connectivity index (χ3n) is 2.86. The normalized spacial score (nSPS) is 20.8. The molecule has 0 spiro atoms. The molecular formula is C11H15ClN2. The molecule has 0 amide bonds. The number of rotatable bonds is 1. The molecule has 0 radical (unpaired) electrons. The van der Waals surface area contributed by atoms with Crippen molar-refractivity contribution in [3.8, 4) is 0 Å². The first-order valence-corrected chi connectivity index (χ1v) is 5.26. The number of nitrogens with zero attached hydrogens (tertiary/aromatic N) is 1. The lowest BCUT2D eigenvalue weighted by molar-refractivity contribution is 0.538. The van der Waals surface area contributed by atoms with Crippen molar-refractivity contribution >= 4 is 17.3 Å². The van der Waals surface area contributed by atoms with Crippen LogP contribution in [0.15, 0.2) is 18.2 Å². The van der Waals surface area contributed by atoms with Gasteiger partial charge in [0.05, 0.1) is 0 Å². The van der Waals surface area contributed by atoms with Crippen LogP contribution in [0.25, 0.3) is 0 Å². The summed E-state index contributed by atoms with van der Waals surface area (Å²) in [5.74, 6) is 0. The molecule has 1 atom stereocenters. The van der Waals surface area contributed by atoms with Gasteiger partial charge in [-0.05, 0) is 31.2 Å². The Morgan fingerprint density at radius 3 is 3.00 bits per heavy atom. The molecule has 1 aromatic rings. The molecule has 0 bridgehead atoms. The predicted molar refractivity (Wildman–Crippen MR) is 61.3 cm³/mol. The Morgan fingerprint density at radius 2 is 2.29 bits per heavy atom. The summed E-state index contributed by atoms with van der Waals surface area (Å²) in [5.41, 5.74) is 2.53. The summed E-state index contributed by atoms with van der Waals surface area (Å²) in [6.45, 7) is 1.05. The van der Waals surface area contributed by atoms with E-state index in [2.05, 4.69) is 23.3 Å². The Labute approximate surface area is 89.9 Å². The smallest absolute Gasteiger partial charge is 0.0459 e. The van der Waals surface area contributed by atoms with Gasteiger partial charge in [0, 0.05) is 30.3 Å². The standard InChI is InChI=1S/C11H15ClN2/c1-13-8-6-9-10(12)4-3-5-11(9)14(2)7-8/h3-5,8,13H,6-7H2,1-2H3. The average molecular weight is 211 g/mol. The fourth-order valence-electron chi connectivity index (χ4n) is 2.04. The first-order valence-electron chi connectivity index (χ1n) is 4.88. The minimum absolute atomic E-state index is 0.507. The molecule has 3 heteroatoms. The van der Waals surface area contributed by atoms with Gasteiger partial charge in [-0.3, -0.25) is 0 Å². The maximum Gasteiger partial charge on any atom is 0.0459 e. The fraction of sp³-hybridized carbons (Fsp3) is 0.455. The number of halogens is 1. The van der Waals surface area contributed by atoms with Crippen LogP contribution in [0.3, 0.4) is 0 Å². The second-order valence-electron chi connectivity index (χ2n) is 3.81. The predicted octanol–water partition coefficient (Wildman–Crippen LogP) is 1.92. The number of hydrogen-bond donors (Lipinski definition) is 1. The van der Waals surface area contributed by atoms with E-state index in [4.69, 9.17) is 11.6 Å². The van der Waals surface area contributed by atoms with Gasteiger partial charge >= 0.3 is 0 Å². The average Bonchev–Trinajstić information content (AvgIpc) is 2.19. The van der Waals surface area contributed by atoms with Crippen LogP contribution in [0, 0.1) is 0 Å². The molecule has 2 rings (SSSR count). The van der Waals surface area contributed by atoms with E-state index in [0.29, 0.717) is 6.04 Å². The van der Waals surface area contributed by atoms with E-state index >= 15 is 0 Å². The Morgan fingerprint density at radius 1 is 1.50 bits per heavy atom. The molecule has 0 saturated carbocycles. The molecule has 0 saturated heterocycles. The number of nitrogens with one attached hydrogen (secondary N) is 1. The van der Waals surface area contributed by atoms with Gasteiger partial charge in [-0.15, -0.1) is 0 Å². The molecule has 1 aliphatic heterocycles. The van der Waals surface area contributed by atoms with E-state index in [0.717, 1.165) is 18.0 Å². The molecule has 0 aromatic heterocycles. The van der Waals surface area contributed by atoms with E-state index in [-0.39, 0.29) is 0 Å². The van der Waals surface area contributed by atoms with E-state index in [9.17, 15) is 0 Å². The second kappa shape index (κ2) is 3.79. The van der Waals surface area contributed by atoms with E-state index in [1.165, 1.54) is 11.3 Å². The van der Waals surface area contributed by atoms with Gasteiger partial charge in [0.25, 0.3) is 0 Å². The lowest BCUT2D eigenvalue weighted by Crippen LogP contribution is -2.43. The van der Waals surface area contributed by atoms with Gasteiger partial charge in [-0.25, -0.2) is 0 Å².